The minimum atomic E-state index is -0.617. The van der Waals surface area contributed by atoms with E-state index in [0.29, 0.717) is 12.1 Å². The Balaban J connectivity index is 1.81. The molecular weight excluding hydrogens is 257 g/mol. The van der Waals surface area contributed by atoms with Crippen molar-refractivity contribution < 1.29 is 9.50 Å². The molecule has 0 aliphatic heterocycles. The highest BCUT2D eigenvalue weighted by molar-refractivity contribution is 5.78. The number of fused-ring (bicyclic) bond motifs is 1. The highest BCUT2D eigenvalue weighted by Crippen LogP contribution is 2.22. The van der Waals surface area contributed by atoms with Gasteiger partial charge in [0.15, 0.2) is 11.6 Å². The molecule has 2 N–H and O–H groups in total. The fourth-order valence-corrected chi connectivity index (χ4v) is 1.97. The predicted octanol–water partition coefficient (Wildman–Crippen LogP) is 3.09. The Hall–Kier alpha value is -2.69. The van der Waals surface area contributed by atoms with E-state index in [-0.39, 0.29) is 5.75 Å². The van der Waals surface area contributed by atoms with E-state index in [0.717, 1.165) is 16.7 Å². The predicted molar refractivity (Wildman–Crippen MR) is 74.9 cm³/mol. The number of benzene rings is 2. The largest absolute Gasteiger partial charge is 0.505 e. The number of hydrogen-bond donors (Lipinski definition) is 2. The molecule has 1 heterocycles. The normalized spacial score (nSPS) is 10.7. The van der Waals surface area contributed by atoms with Crippen molar-refractivity contribution in [2.75, 3.05) is 5.32 Å². The Morgan fingerprint density at radius 1 is 1.05 bits per heavy atom. The molecule has 0 unspecified atom stereocenters. The van der Waals surface area contributed by atoms with Gasteiger partial charge in [-0.05, 0) is 24.3 Å². The lowest BCUT2D eigenvalue weighted by atomic mass is 10.2. The molecule has 0 radical (unpaired) electrons. The standard InChI is InChI=1S/C15H12FN3O/c16-12-3-1-2-10(15(12)20)9-19-11-4-5-13-14(8-11)18-7-6-17-13/h1-8,19-20H,9H2. The molecule has 2 aromatic carbocycles. The summed E-state index contributed by atoms with van der Waals surface area (Å²) in [6.45, 7) is 0.329. The molecule has 0 fully saturated rings. The number of para-hydroxylation sites is 1. The molecule has 0 atom stereocenters. The third-order valence-corrected chi connectivity index (χ3v) is 3.02. The fraction of sp³-hybridized carbons (Fsp3) is 0.0667. The summed E-state index contributed by atoms with van der Waals surface area (Å²) in [6.07, 6.45) is 3.27. The smallest absolute Gasteiger partial charge is 0.165 e. The number of hydrogen-bond acceptors (Lipinski definition) is 4. The maximum Gasteiger partial charge on any atom is 0.165 e. The molecule has 1 aromatic heterocycles. The first-order valence-corrected chi connectivity index (χ1v) is 6.15. The molecule has 0 bridgehead atoms. The maximum atomic E-state index is 13.2. The van der Waals surface area contributed by atoms with Crippen molar-refractivity contribution in [2.45, 2.75) is 6.54 Å². The number of rotatable bonds is 3. The number of nitrogens with one attached hydrogen (secondary N) is 1. The van der Waals surface area contributed by atoms with Crippen molar-refractivity contribution in [1.82, 2.24) is 9.97 Å². The van der Waals surface area contributed by atoms with Gasteiger partial charge in [0.2, 0.25) is 0 Å². The van der Waals surface area contributed by atoms with Gasteiger partial charge >= 0.3 is 0 Å². The van der Waals surface area contributed by atoms with Crippen molar-refractivity contribution in [3.8, 4) is 5.75 Å². The second kappa shape index (κ2) is 5.13. The Labute approximate surface area is 114 Å². The van der Waals surface area contributed by atoms with E-state index in [4.69, 9.17) is 0 Å². The lowest BCUT2D eigenvalue weighted by molar-refractivity contribution is 0.427. The summed E-state index contributed by atoms with van der Waals surface area (Å²) in [5.41, 5.74) is 2.93. The third kappa shape index (κ3) is 2.38. The Morgan fingerprint density at radius 2 is 1.85 bits per heavy atom. The summed E-state index contributed by atoms with van der Waals surface area (Å²) in [5, 5.41) is 12.7. The quantitative estimate of drug-likeness (QED) is 0.767. The third-order valence-electron chi connectivity index (χ3n) is 3.02. The van der Waals surface area contributed by atoms with Gasteiger partial charge in [-0.3, -0.25) is 9.97 Å². The first-order valence-electron chi connectivity index (χ1n) is 6.15. The number of phenolic OH excluding ortho intramolecular Hbond substituents is 1. The maximum absolute atomic E-state index is 13.2. The molecule has 5 heteroatoms. The van der Waals surface area contributed by atoms with E-state index in [1.807, 2.05) is 18.2 Å². The zero-order chi connectivity index (χ0) is 13.9. The molecule has 100 valence electrons. The average molecular weight is 269 g/mol. The van der Waals surface area contributed by atoms with Crippen LogP contribution in [0.15, 0.2) is 48.8 Å². The van der Waals surface area contributed by atoms with Crippen molar-refractivity contribution >= 4 is 16.7 Å². The van der Waals surface area contributed by atoms with Gasteiger partial charge in [0, 0.05) is 30.2 Å². The van der Waals surface area contributed by atoms with E-state index in [2.05, 4.69) is 15.3 Å². The van der Waals surface area contributed by atoms with Gasteiger partial charge in [-0.2, -0.15) is 0 Å². The van der Waals surface area contributed by atoms with Crippen LogP contribution in [0.1, 0.15) is 5.56 Å². The van der Waals surface area contributed by atoms with Gasteiger partial charge < -0.3 is 10.4 Å². The van der Waals surface area contributed by atoms with Gasteiger partial charge in [0.25, 0.3) is 0 Å². The Kier molecular flexibility index (Phi) is 3.16. The van der Waals surface area contributed by atoms with Crippen LogP contribution in [0.3, 0.4) is 0 Å². The zero-order valence-corrected chi connectivity index (χ0v) is 10.5. The molecule has 3 aromatic rings. The van der Waals surface area contributed by atoms with E-state index < -0.39 is 5.82 Å². The van der Waals surface area contributed by atoms with Gasteiger partial charge in [0.1, 0.15) is 0 Å². The topological polar surface area (TPSA) is 58.0 Å². The van der Waals surface area contributed by atoms with Crippen LogP contribution in [0, 0.1) is 5.82 Å². The van der Waals surface area contributed by atoms with Gasteiger partial charge in [0.05, 0.1) is 11.0 Å². The Bertz CT molecular complexity index is 761. The van der Waals surface area contributed by atoms with Crippen molar-refractivity contribution in [1.29, 1.82) is 0 Å². The summed E-state index contributed by atoms with van der Waals surface area (Å²) < 4.78 is 13.2. The van der Waals surface area contributed by atoms with Gasteiger partial charge in [-0.25, -0.2) is 4.39 Å². The van der Waals surface area contributed by atoms with Crippen LogP contribution in [0.5, 0.6) is 5.75 Å². The molecule has 20 heavy (non-hydrogen) atoms. The van der Waals surface area contributed by atoms with Crippen molar-refractivity contribution in [3.63, 3.8) is 0 Å². The second-order valence-electron chi connectivity index (χ2n) is 4.36. The number of anilines is 1. The first-order chi connectivity index (χ1) is 9.74. The summed E-state index contributed by atoms with van der Waals surface area (Å²) in [5.74, 6) is -0.936. The molecule has 0 saturated heterocycles. The fourth-order valence-electron chi connectivity index (χ4n) is 1.97. The number of phenols is 1. The van der Waals surface area contributed by atoms with Crippen LogP contribution in [0.4, 0.5) is 10.1 Å². The number of nitrogens with zero attached hydrogens (tertiary/aromatic N) is 2. The summed E-state index contributed by atoms with van der Waals surface area (Å²) in [4.78, 5) is 8.40. The number of aromatic hydroxyl groups is 1. The van der Waals surface area contributed by atoms with Crippen LogP contribution in [0.2, 0.25) is 0 Å². The van der Waals surface area contributed by atoms with E-state index >= 15 is 0 Å². The minimum Gasteiger partial charge on any atom is -0.505 e. The average Bonchev–Trinajstić information content (AvgIpc) is 2.48. The highest BCUT2D eigenvalue weighted by Gasteiger charge is 2.06. The van der Waals surface area contributed by atoms with Crippen LogP contribution >= 0.6 is 0 Å². The molecule has 0 spiro atoms. The summed E-state index contributed by atoms with van der Waals surface area (Å²) in [6, 6.07) is 10.1. The second-order valence-corrected chi connectivity index (χ2v) is 4.36. The van der Waals surface area contributed by atoms with E-state index in [1.54, 1.807) is 24.5 Å². The van der Waals surface area contributed by atoms with E-state index in [1.165, 1.54) is 6.07 Å². The molecule has 0 aliphatic rings. The first kappa shape index (κ1) is 12.3. The molecule has 0 aliphatic carbocycles. The Morgan fingerprint density at radius 3 is 2.70 bits per heavy atom. The molecular formula is C15H12FN3O. The van der Waals surface area contributed by atoms with Crippen LogP contribution in [-0.4, -0.2) is 15.1 Å². The number of aromatic nitrogens is 2. The SMILES string of the molecule is Oc1c(F)cccc1CNc1ccc2nccnc2c1. The van der Waals surface area contributed by atoms with Crippen molar-refractivity contribution in [3.05, 3.63) is 60.2 Å². The van der Waals surface area contributed by atoms with Crippen LogP contribution in [0.25, 0.3) is 11.0 Å². The van der Waals surface area contributed by atoms with E-state index in [9.17, 15) is 9.50 Å². The van der Waals surface area contributed by atoms with Crippen LogP contribution < -0.4 is 5.32 Å². The zero-order valence-electron chi connectivity index (χ0n) is 10.5. The summed E-state index contributed by atoms with van der Waals surface area (Å²) in [7, 11) is 0. The number of halogens is 1. The lowest BCUT2D eigenvalue weighted by Gasteiger charge is -2.09. The molecule has 0 saturated carbocycles. The molecule has 4 nitrogen and oxygen atoms in total. The molecule has 3 rings (SSSR count). The lowest BCUT2D eigenvalue weighted by Crippen LogP contribution is -2.00. The van der Waals surface area contributed by atoms with Gasteiger partial charge in [-0.1, -0.05) is 12.1 Å². The molecule has 0 amide bonds. The van der Waals surface area contributed by atoms with Gasteiger partial charge in [-0.15, -0.1) is 0 Å². The summed E-state index contributed by atoms with van der Waals surface area (Å²) >= 11 is 0. The van der Waals surface area contributed by atoms with Crippen LogP contribution in [-0.2, 0) is 6.54 Å². The monoisotopic (exact) mass is 269 g/mol. The minimum absolute atomic E-state index is 0.319. The van der Waals surface area contributed by atoms with Crippen molar-refractivity contribution in [2.24, 2.45) is 0 Å². The highest BCUT2D eigenvalue weighted by atomic mass is 19.1.